The van der Waals surface area contributed by atoms with Crippen molar-refractivity contribution in [2.45, 2.75) is 6.43 Å². The highest BCUT2D eigenvalue weighted by atomic mass is 35.5. The average Bonchev–Trinajstić information content (AvgIpc) is 2.16. The van der Waals surface area contributed by atoms with Crippen molar-refractivity contribution in [3.05, 3.63) is 33.2 Å². The lowest BCUT2D eigenvalue weighted by molar-refractivity contribution is 0.107. The topological polar surface area (TPSA) is 73.7 Å². The van der Waals surface area contributed by atoms with Crippen LogP contribution >= 0.6 is 11.6 Å². The number of aromatic amines is 1. The first-order valence-electron chi connectivity index (χ1n) is 3.62. The molecule has 0 radical (unpaired) electrons. The van der Waals surface area contributed by atoms with E-state index in [9.17, 15) is 18.4 Å². The number of nitrogens with one attached hydrogen (secondary N) is 1. The lowest BCUT2D eigenvalue weighted by atomic mass is 10.2. The highest BCUT2D eigenvalue weighted by Crippen LogP contribution is 2.18. The number of hydrogen-bond donors (Lipinski definition) is 1. The minimum Gasteiger partial charge on any atom is -0.349 e. The summed E-state index contributed by atoms with van der Waals surface area (Å²) in [6, 6.07) is 2.04. The van der Waals surface area contributed by atoms with E-state index in [0.29, 0.717) is 6.07 Å². The number of alkyl halides is 2. The third-order valence-electron chi connectivity index (χ3n) is 1.60. The average molecular weight is 233 g/mol. The van der Waals surface area contributed by atoms with E-state index in [-0.39, 0.29) is 0 Å². The fraction of sp³-hybridized carbons (Fsp3) is 0.125. The Morgan fingerprint density at radius 2 is 2.20 bits per heavy atom. The maximum Gasteiger partial charge on any atom is 0.279 e. The van der Waals surface area contributed by atoms with Gasteiger partial charge in [0.1, 0.15) is 23.0 Å². The molecule has 0 fully saturated rings. The molecular formula is C8H3ClF2N2O2. The second-order valence-corrected chi connectivity index (χ2v) is 2.87. The van der Waals surface area contributed by atoms with Crippen molar-refractivity contribution in [2.24, 2.45) is 0 Å². The fourth-order valence-corrected chi connectivity index (χ4v) is 1.07. The van der Waals surface area contributed by atoms with Gasteiger partial charge in [-0.25, -0.2) is 8.78 Å². The molecule has 0 aromatic carbocycles. The molecule has 4 nitrogen and oxygen atoms in total. The lowest BCUT2D eigenvalue weighted by Gasteiger charge is -2.03. The summed E-state index contributed by atoms with van der Waals surface area (Å²) in [7, 11) is 0. The Labute approximate surface area is 87.1 Å². The van der Waals surface area contributed by atoms with Gasteiger partial charge < -0.3 is 4.98 Å². The first-order chi connectivity index (χ1) is 6.97. The van der Waals surface area contributed by atoms with Crippen LogP contribution in [0.5, 0.6) is 0 Å². The van der Waals surface area contributed by atoms with Crippen LogP contribution in [0.3, 0.4) is 0 Å². The molecule has 0 aliphatic heterocycles. The molecule has 1 heterocycles. The Morgan fingerprint density at radius 1 is 1.60 bits per heavy atom. The van der Waals surface area contributed by atoms with Gasteiger partial charge in [0.2, 0.25) is 5.43 Å². The zero-order valence-corrected chi connectivity index (χ0v) is 7.81. The van der Waals surface area contributed by atoms with Crippen molar-refractivity contribution in [1.82, 2.24) is 4.98 Å². The number of nitrogens with zero attached hydrogens (tertiary/aromatic N) is 1. The number of carbonyl (C=O) groups excluding carboxylic acids is 1. The molecule has 0 spiro atoms. The number of rotatable bonds is 2. The van der Waals surface area contributed by atoms with Gasteiger partial charge in [-0.15, -0.1) is 0 Å². The Kier molecular flexibility index (Phi) is 3.17. The fourth-order valence-electron chi connectivity index (χ4n) is 0.965. The predicted octanol–water partition coefficient (Wildman–Crippen LogP) is 1.56. The molecule has 1 N–H and O–H groups in total. The van der Waals surface area contributed by atoms with Crippen LogP contribution in [0, 0.1) is 11.3 Å². The summed E-state index contributed by atoms with van der Waals surface area (Å²) in [5, 5.41) is 7.39. The Bertz CT molecular complexity index is 504. The van der Waals surface area contributed by atoms with Gasteiger partial charge in [-0.1, -0.05) is 0 Å². The van der Waals surface area contributed by atoms with Crippen LogP contribution in [0.1, 0.15) is 28.2 Å². The molecular weight excluding hydrogens is 230 g/mol. The van der Waals surface area contributed by atoms with Crippen molar-refractivity contribution in [3.63, 3.8) is 0 Å². The van der Waals surface area contributed by atoms with Crippen LogP contribution in [-0.4, -0.2) is 10.2 Å². The van der Waals surface area contributed by atoms with E-state index in [4.69, 9.17) is 16.9 Å². The van der Waals surface area contributed by atoms with Crippen molar-refractivity contribution in [2.75, 3.05) is 0 Å². The van der Waals surface area contributed by atoms with Crippen molar-refractivity contribution in [1.29, 1.82) is 5.26 Å². The van der Waals surface area contributed by atoms with Gasteiger partial charge in [-0.3, -0.25) is 9.59 Å². The molecule has 0 atom stereocenters. The van der Waals surface area contributed by atoms with E-state index in [2.05, 4.69) is 0 Å². The maximum atomic E-state index is 12.4. The quantitative estimate of drug-likeness (QED) is 0.787. The molecule has 1 rings (SSSR count). The second-order valence-electron chi connectivity index (χ2n) is 2.52. The highest BCUT2D eigenvalue weighted by molar-refractivity contribution is 6.67. The van der Waals surface area contributed by atoms with E-state index < -0.39 is 34.0 Å². The van der Waals surface area contributed by atoms with E-state index in [0.717, 1.165) is 0 Å². The molecule has 0 aliphatic rings. The summed E-state index contributed by atoms with van der Waals surface area (Å²) >= 11 is 5.01. The Balaban J connectivity index is 3.55. The second kappa shape index (κ2) is 4.19. The van der Waals surface area contributed by atoms with Gasteiger partial charge in [0.25, 0.3) is 11.7 Å². The van der Waals surface area contributed by atoms with Gasteiger partial charge in [0.15, 0.2) is 0 Å². The normalized spacial score (nSPS) is 10.1. The van der Waals surface area contributed by atoms with Gasteiger partial charge in [-0.2, -0.15) is 5.26 Å². The first kappa shape index (κ1) is 11.3. The summed E-state index contributed by atoms with van der Waals surface area (Å²) in [6.45, 7) is 0. The van der Waals surface area contributed by atoms with Gasteiger partial charge >= 0.3 is 0 Å². The minimum atomic E-state index is -3.05. The first-order valence-corrected chi connectivity index (χ1v) is 4.00. The summed E-state index contributed by atoms with van der Waals surface area (Å²) in [5.41, 5.74) is -3.04. The van der Waals surface area contributed by atoms with Crippen LogP contribution in [0.25, 0.3) is 0 Å². The van der Waals surface area contributed by atoms with Crippen LogP contribution in [0.15, 0.2) is 10.9 Å². The van der Waals surface area contributed by atoms with Crippen molar-refractivity contribution < 1.29 is 13.6 Å². The van der Waals surface area contributed by atoms with E-state index in [1.165, 1.54) is 6.07 Å². The van der Waals surface area contributed by atoms with Gasteiger partial charge in [0, 0.05) is 6.07 Å². The van der Waals surface area contributed by atoms with E-state index in [1.807, 2.05) is 4.98 Å². The van der Waals surface area contributed by atoms with Gasteiger partial charge in [0.05, 0.1) is 0 Å². The number of aromatic nitrogens is 1. The molecule has 1 aromatic rings. The molecule has 0 saturated carbocycles. The Morgan fingerprint density at radius 3 is 2.60 bits per heavy atom. The molecule has 0 aliphatic carbocycles. The molecule has 0 amide bonds. The van der Waals surface area contributed by atoms with Crippen molar-refractivity contribution >= 4 is 16.8 Å². The number of halogens is 3. The number of H-pyrrole nitrogens is 1. The van der Waals surface area contributed by atoms with E-state index >= 15 is 0 Å². The third kappa shape index (κ3) is 2.19. The molecule has 0 unspecified atom stereocenters. The number of pyridine rings is 1. The van der Waals surface area contributed by atoms with Gasteiger partial charge in [-0.05, 0) is 11.6 Å². The standard InChI is InChI=1S/C8H3ClF2N2O2/c9-7(15)4-1-5(14)3(2-12)6(13-4)8(10)11/h1,8H,(H,13,14). The smallest absolute Gasteiger partial charge is 0.279 e. The van der Waals surface area contributed by atoms with Crippen LogP contribution in [0.2, 0.25) is 0 Å². The number of hydrogen-bond acceptors (Lipinski definition) is 3. The molecule has 15 heavy (non-hydrogen) atoms. The summed E-state index contributed by atoms with van der Waals surface area (Å²) < 4.78 is 24.7. The minimum absolute atomic E-state index is 0.462. The number of nitriles is 1. The summed E-state index contributed by atoms with van der Waals surface area (Å²) in [4.78, 5) is 23.7. The molecule has 7 heteroatoms. The zero-order valence-electron chi connectivity index (χ0n) is 7.05. The predicted molar refractivity (Wildman–Crippen MR) is 46.9 cm³/mol. The highest BCUT2D eigenvalue weighted by Gasteiger charge is 2.19. The molecule has 0 saturated heterocycles. The molecule has 1 aromatic heterocycles. The Hall–Kier alpha value is -1.74. The summed E-state index contributed by atoms with van der Waals surface area (Å²) in [6.07, 6.45) is -3.05. The monoisotopic (exact) mass is 232 g/mol. The maximum absolute atomic E-state index is 12.4. The molecule has 0 bridgehead atoms. The van der Waals surface area contributed by atoms with Crippen LogP contribution < -0.4 is 5.43 Å². The summed E-state index contributed by atoms with van der Waals surface area (Å²) in [5.74, 6) is 0. The number of carbonyl (C=O) groups is 1. The van der Waals surface area contributed by atoms with Crippen LogP contribution in [-0.2, 0) is 0 Å². The largest absolute Gasteiger partial charge is 0.349 e. The SMILES string of the molecule is N#Cc1c(C(F)F)[nH]c(C(=O)Cl)cc1=O. The zero-order chi connectivity index (χ0) is 11.6. The lowest BCUT2D eigenvalue weighted by Crippen LogP contribution is -2.14. The molecule has 78 valence electrons. The van der Waals surface area contributed by atoms with E-state index in [1.54, 1.807) is 0 Å². The van der Waals surface area contributed by atoms with Crippen molar-refractivity contribution in [3.8, 4) is 6.07 Å². The third-order valence-corrected chi connectivity index (χ3v) is 1.81. The van der Waals surface area contributed by atoms with Crippen LogP contribution in [0.4, 0.5) is 8.78 Å².